The van der Waals surface area contributed by atoms with Gasteiger partial charge in [0.05, 0.1) is 18.0 Å². The maximum atomic E-state index is 11.2. The molecular weight excluding hydrogens is 284 g/mol. The van der Waals surface area contributed by atoms with Crippen LogP contribution in [0.3, 0.4) is 0 Å². The van der Waals surface area contributed by atoms with Crippen LogP contribution < -0.4 is 11.0 Å². The first kappa shape index (κ1) is 13.8. The van der Waals surface area contributed by atoms with Crippen molar-refractivity contribution in [1.82, 2.24) is 10.2 Å². The Labute approximate surface area is 117 Å². The van der Waals surface area contributed by atoms with Crippen molar-refractivity contribution in [3.63, 3.8) is 0 Å². The predicted octanol–water partition coefficient (Wildman–Crippen LogP) is 1.57. The van der Waals surface area contributed by atoms with Crippen LogP contribution in [0.25, 0.3) is 0 Å². The molecule has 7 nitrogen and oxygen atoms in total. The van der Waals surface area contributed by atoms with Gasteiger partial charge in [-0.2, -0.15) is 10.2 Å². The Hall–Kier alpha value is -2.67. The Bertz CT molecular complexity index is 709. The van der Waals surface area contributed by atoms with Crippen LogP contribution in [-0.2, 0) is 0 Å². The van der Waals surface area contributed by atoms with E-state index in [0.717, 1.165) is 0 Å². The summed E-state index contributed by atoms with van der Waals surface area (Å²) < 4.78 is 0. The topological polar surface area (TPSA) is 107 Å². The highest BCUT2D eigenvalue weighted by atomic mass is 35.5. The summed E-state index contributed by atoms with van der Waals surface area (Å²) in [6.45, 7) is 0. The number of hydrogen-bond donors (Lipinski definition) is 3. The smallest absolute Gasteiger partial charge is 0.335 e. The molecule has 0 radical (unpaired) electrons. The van der Waals surface area contributed by atoms with Gasteiger partial charge >= 0.3 is 5.97 Å². The van der Waals surface area contributed by atoms with Crippen molar-refractivity contribution in [2.24, 2.45) is 5.10 Å². The van der Waals surface area contributed by atoms with Crippen molar-refractivity contribution in [2.75, 3.05) is 5.43 Å². The molecule has 102 valence electrons. The number of nitrogens with one attached hydrogen (secondary N) is 2. The predicted molar refractivity (Wildman–Crippen MR) is 74.5 cm³/mol. The molecule has 1 aromatic heterocycles. The molecular formula is C12H9ClN4O3. The summed E-state index contributed by atoms with van der Waals surface area (Å²) in [4.78, 5) is 21.9. The van der Waals surface area contributed by atoms with Gasteiger partial charge in [0.25, 0.3) is 5.56 Å². The van der Waals surface area contributed by atoms with Gasteiger partial charge in [-0.25, -0.2) is 9.89 Å². The molecule has 0 unspecified atom stereocenters. The lowest BCUT2D eigenvalue weighted by Crippen LogP contribution is -2.10. The Balaban J connectivity index is 2.08. The van der Waals surface area contributed by atoms with Crippen molar-refractivity contribution >= 4 is 29.5 Å². The summed E-state index contributed by atoms with van der Waals surface area (Å²) in [5.41, 5.74) is 3.22. The van der Waals surface area contributed by atoms with Gasteiger partial charge in [-0.1, -0.05) is 23.7 Å². The molecule has 0 aliphatic carbocycles. The van der Waals surface area contributed by atoms with Crippen LogP contribution in [0, 0.1) is 0 Å². The third kappa shape index (κ3) is 3.21. The Morgan fingerprint density at radius 1 is 1.40 bits per heavy atom. The molecule has 20 heavy (non-hydrogen) atoms. The molecule has 2 aromatic rings. The molecule has 0 aliphatic heterocycles. The SMILES string of the molecule is O=C(O)c1ccc(/C=N\Nc2cn[nH]c(=O)c2Cl)cc1. The van der Waals surface area contributed by atoms with Gasteiger partial charge in [0.15, 0.2) is 0 Å². The zero-order chi connectivity index (χ0) is 14.5. The molecule has 1 aromatic carbocycles. The number of aromatic amines is 1. The fourth-order valence-corrected chi connectivity index (χ4v) is 1.48. The third-order valence-corrected chi connectivity index (χ3v) is 2.73. The van der Waals surface area contributed by atoms with Crippen molar-refractivity contribution in [3.8, 4) is 0 Å². The number of H-pyrrole nitrogens is 1. The van der Waals surface area contributed by atoms with E-state index in [9.17, 15) is 9.59 Å². The van der Waals surface area contributed by atoms with E-state index >= 15 is 0 Å². The van der Waals surface area contributed by atoms with Crippen molar-refractivity contribution in [1.29, 1.82) is 0 Å². The number of carbonyl (C=O) groups is 1. The van der Waals surface area contributed by atoms with Crippen LogP contribution in [0.15, 0.2) is 40.4 Å². The number of aromatic carboxylic acids is 1. The third-order valence-electron chi connectivity index (χ3n) is 2.35. The van der Waals surface area contributed by atoms with Gasteiger partial charge in [0, 0.05) is 0 Å². The molecule has 8 heteroatoms. The van der Waals surface area contributed by atoms with Crippen molar-refractivity contribution in [3.05, 3.63) is 57.0 Å². The van der Waals surface area contributed by atoms with Crippen LogP contribution in [0.2, 0.25) is 5.02 Å². The first-order chi connectivity index (χ1) is 9.58. The van der Waals surface area contributed by atoms with Crippen LogP contribution in [0.1, 0.15) is 15.9 Å². The second kappa shape index (κ2) is 5.98. The molecule has 0 amide bonds. The largest absolute Gasteiger partial charge is 0.478 e. The zero-order valence-electron chi connectivity index (χ0n) is 10.0. The molecule has 0 bridgehead atoms. The summed E-state index contributed by atoms with van der Waals surface area (Å²) in [5, 5.41) is 18.4. The monoisotopic (exact) mass is 292 g/mol. The first-order valence-electron chi connectivity index (χ1n) is 5.43. The summed E-state index contributed by atoms with van der Waals surface area (Å²) in [7, 11) is 0. The van der Waals surface area contributed by atoms with Gasteiger partial charge in [0.1, 0.15) is 10.7 Å². The summed E-state index contributed by atoms with van der Waals surface area (Å²) in [5.74, 6) is -0.993. The number of carboxylic acid groups (broad SMARTS) is 1. The number of anilines is 1. The normalized spacial score (nSPS) is 10.7. The molecule has 3 N–H and O–H groups in total. The lowest BCUT2D eigenvalue weighted by molar-refractivity contribution is 0.0697. The molecule has 0 aliphatic rings. The second-order valence-electron chi connectivity index (χ2n) is 3.72. The molecule has 0 fully saturated rings. The molecule has 0 saturated carbocycles. The van der Waals surface area contributed by atoms with E-state index in [1.807, 2.05) is 0 Å². The number of halogens is 1. The van der Waals surface area contributed by atoms with Crippen molar-refractivity contribution in [2.45, 2.75) is 0 Å². The van der Waals surface area contributed by atoms with E-state index in [0.29, 0.717) is 5.56 Å². The fraction of sp³-hybridized carbons (Fsp3) is 0. The molecule has 0 spiro atoms. The highest BCUT2D eigenvalue weighted by Crippen LogP contribution is 2.13. The molecule has 1 heterocycles. The van der Waals surface area contributed by atoms with E-state index < -0.39 is 11.5 Å². The van der Waals surface area contributed by atoms with Gasteiger partial charge in [0.2, 0.25) is 0 Å². The fourth-order valence-electron chi connectivity index (χ4n) is 1.35. The summed E-state index contributed by atoms with van der Waals surface area (Å²) >= 11 is 5.75. The Kier molecular flexibility index (Phi) is 4.11. The van der Waals surface area contributed by atoms with Gasteiger partial charge in [-0.15, -0.1) is 0 Å². The summed E-state index contributed by atoms with van der Waals surface area (Å²) in [6.07, 6.45) is 2.79. The van der Waals surface area contributed by atoms with Gasteiger partial charge < -0.3 is 5.11 Å². The van der Waals surface area contributed by atoms with E-state index in [1.165, 1.54) is 24.5 Å². The molecule has 0 saturated heterocycles. The number of benzene rings is 1. The standard InChI is InChI=1S/C12H9ClN4O3/c13-10-9(6-15-17-11(10)18)16-14-5-7-1-3-8(4-2-7)12(19)20/h1-6H,(H,19,20)(H2,16,17,18)/b14-5-. The minimum atomic E-state index is -0.993. The zero-order valence-corrected chi connectivity index (χ0v) is 10.8. The van der Waals surface area contributed by atoms with Crippen molar-refractivity contribution < 1.29 is 9.90 Å². The number of aromatic nitrogens is 2. The maximum Gasteiger partial charge on any atom is 0.335 e. The number of rotatable bonds is 4. The van der Waals surface area contributed by atoms with E-state index in [1.54, 1.807) is 12.1 Å². The van der Waals surface area contributed by atoms with Crippen LogP contribution >= 0.6 is 11.6 Å². The molecule has 2 rings (SSSR count). The van der Waals surface area contributed by atoms with Crippen LogP contribution in [0.5, 0.6) is 0 Å². The number of carboxylic acids is 1. The van der Waals surface area contributed by atoms with Crippen LogP contribution in [0.4, 0.5) is 5.69 Å². The Morgan fingerprint density at radius 2 is 2.10 bits per heavy atom. The lowest BCUT2D eigenvalue weighted by atomic mass is 10.1. The minimum Gasteiger partial charge on any atom is -0.478 e. The summed E-state index contributed by atoms with van der Waals surface area (Å²) in [6, 6.07) is 6.13. The lowest BCUT2D eigenvalue weighted by Gasteiger charge is -2.00. The van der Waals surface area contributed by atoms with E-state index in [2.05, 4.69) is 20.7 Å². The average Bonchev–Trinajstić information content (AvgIpc) is 2.44. The Morgan fingerprint density at radius 3 is 2.75 bits per heavy atom. The minimum absolute atomic E-state index is 0.0432. The van der Waals surface area contributed by atoms with Crippen LogP contribution in [-0.4, -0.2) is 27.5 Å². The van der Waals surface area contributed by atoms with Gasteiger partial charge in [-0.3, -0.25) is 10.2 Å². The highest BCUT2D eigenvalue weighted by molar-refractivity contribution is 6.32. The van der Waals surface area contributed by atoms with E-state index in [-0.39, 0.29) is 16.3 Å². The van der Waals surface area contributed by atoms with E-state index in [4.69, 9.17) is 16.7 Å². The highest BCUT2D eigenvalue weighted by Gasteiger charge is 2.03. The number of hydrogen-bond acceptors (Lipinski definition) is 5. The number of hydrazone groups is 1. The number of nitrogens with zero attached hydrogens (tertiary/aromatic N) is 2. The second-order valence-corrected chi connectivity index (χ2v) is 4.10. The average molecular weight is 293 g/mol. The molecule has 0 atom stereocenters. The quantitative estimate of drug-likeness (QED) is 0.585. The van der Waals surface area contributed by atoms with Gasteiger partial charge in [-0.05, 0) is 17.7 Å². The first-order valence-corrected chi connectivity index (χ1v) is 5.81. The maximum absolute atomic E-state index is 11.2.